The summed E-state index contributed by atoms with van der Waals surface area (Å²) in [6, 6.07) is 2.67. The molecule has 1 aromatic rings. The predicted molar refractivity (Wildman–Crippen MR) is 49.5 cm³/mol. The number of benzene rings is 1. The second kappa shape index (κ2) is 4.53. The van der Waals surface area contributed by atoms with Gasteiger partial charge in [-0.2, -0.15) is 0 Å². The molecular weight excluding hydrogens is 185 g/mol. The van der Waals surface area contributed by atoms with Gasteiger partial charge in [0.25, 0.3) is 0 Å². The molecule has 14 heavy (non-hydrogen) atoms. The molecule has 0 radical (unpaired) electrons. The summed E-state index contributed by atoms with van der Waals surface area (Å²) in [6.45, 7) is 1.82. The van der Waals surface area contributed by atoms with Gasteiger partial charge in [0.05, 0.1) is 13.7 Å². The highest BCUT2D eigenvalue weighted by atomic mass is 19.1. The Morgan fingerprint density at radius 2 is 2.29 bits per heavy atom. The summed E-state index contributed by atoms with van der Waals surface area (Å²) in [7, 11) is 1.49. The van der Waals surface area contributed by atoms with Gasteiger partial charge in [-0.15, -0.1) is 0 Å². The molecule has 0 N–H and O–H groups in total. The molecule has 0 aromatic heterocycles. The van der Waals surface area contributed by atoms with E-state index in [0.717, 1.165) is 0 Å². The third-order valence-corrected chi connectivity index (χ3v) is 1.83. The van der Waals surface area contributed by atoms with Gasteiger partial charge in [0.15, 0.2) is 0 Å². The molecule has 74 valence electrons. The number of isocyanates is 1. The molecule has 0 heterocycles. The minimum absolute atomic E-state index is 0.0886. The Morgan fingerprint density at radius 3 is 2.86 bits per heavy atom. The smallest absolute Gasteiger partial charge is 0.235 e. The van der Waals surface area contributed by atoms with Crippen molar-refractivity contribution in [1.82, 2.24) is 0 Å². The molecule has 4 heteroatoms. The molecule has 0 saturated carbocycles. The first-order chi connectivity index (χ1) is 6.69. The minimum Gasteiger partial charge on any atom is -0.496 e. The molecule has 0 aliphatic rings. The van der Waals surface area contributed by atoms with E-state index in [-0.39, 0.29) is 12.4 Å². The predicted octanol–water partition coefficient (Wildman–Crippen LogP) is 1.98. The van der Waals surface area contributed by atoms with Gasteiger partial charge in [0.1, 0.15) is 11.6 Å². The first-order valence-corrected chi connectivity index (χ1v) is 4.05. The van der Waals surface area contributed by atoms with E-state index in [0.29, 0.717) is 16.9 Å². The van der Waals surface area contributed by atoms with Crippen LogP contribution in [0.15, 0.2) is 17.1 Å². The van der Waals surface area contributed by atoms with Gasteiger partial charge in [0, 0.05) is 5.56 Å². The van der Waals surface area contributed by atoms with Gasteiger partial charge in [-0.05, 0) is 24.6 Å². The Hall–Kier alpha value is -1.67. The molecule has 1 aromatic carbocycles. The maximum Gasteiger partial charge on any atom is 0.235 e. The molecule has 0 unspecified atom stereocenters. The van der Waals surface area contributed by atoms with E-state index < -0.39 is 0 Å². The maximum absolute atomic E-state index is 13.0. The first-order valence-electron chi connectivity index (χ1n) is 4.05. The number of aliphatic imine (C=N–C) groups is 1. The number of ether oxygens (including phenoxy) is 1. The average molecular weight is 195 g/mol. The third kappa shape index (κ3) is 2.18. The van der Waals surface area contributed by atoms with Crippen LogP contribution in [0, 0.1) is 12.7 Å². The van der Waals surface area contributed by atoms with Crippen LogP contribution in [0.4, 0.5) is 4.39 Å². The fourth-order valence-electron chi connectivity index (χ4n) is 1.33. The van der Waals surface area contributed by atoms with Crippen LogP contribution in [0.1, 0.15) is 11.1 Å². The molecule has 0 aliphatic heterocycles. The molecule has 0 saturated heterocycles. The lowest BCUT2D eigenvalue weighted by molar-refractivity contribution is 0.405. The van der Waals surface area contributed by atoms with Crippen molar-refractivity contribution in [2.75, 3.05) is 7.11 Å². The monoisotopic (exact) mass is 195 g/mol. The number of methoxy groups -OCH3 is 1. The second-order valence-electron chi connectivity index (χ2n) is 2.82. The summed E-state index contributed by atoms with van der Waals surface area (Å²) >= 11 is 0. The molecule has 3 nitrogen and oxygen atoms in total. The summed E-state index contributed by atoms with van der Waals surface area (Å²) in [5.41, 5.74) is 1.23. The molecule has 1 rings (SSSR count). The van der Waals surface area contributed by atoms with Crippen LogP contribution in [-0.4, -0.2) is 13.2 Å². The first kappa shape index (κ1) is 10.4. The van der Waals surface area contributed by atoms with E-state index in [2.05, 4.69) is 4.99 Å². The standard InChI is InChI=1S/C10H10FNO2/c1-7-3-9(11)4-8(5-12-6-13)10(7)14-2/h3-4H,5H2,1-2H3. The number of hydrogen-bond acceptors (Lipinski definition) is 3. The van der Waals surface area contributed by atoms with Crippen LogP contribution >= 0.6 is 0 Å². The average Bonchev–Trinajstić information content (AvgIpc) is 2.14. The van der Waals surface area contributed by atoms with Crippen molar-refractivity contribution >= 4 is 6.08 Å². The summed E-state index contributed by atoms with van der Waals surface area (Å²) < 4.78 is 18.0. The molecule has 0 aliphatic carbocycles. The molecule has 0 bridgehead atoms. The fourth-order valence-corrected chi connectivity index (χ4v) is 1.33. The number of nitrogens with zero attached hydrogens (tertiary/aromatic N) is 1. The normalized spacial score (nSPS) is 9.36. The Morgan fingerprint density at radius 1 is 1.57 bits per heavy atom. The summed E-state index contributed by atoms with van der Waals surface area (Å²) in [5.74, 6) is 0.199. The number of aryl methyl sites for hydroxylation is 1. The van der Waals surface area contributed by atoms with Crippen LogP contribution in [0.5, 0.6) is 5.75 Å². The van der Waals surface area contributed by atoms with E-state index in [4.69, 9.17) is 4.74 Å². The number of rotatable bonds is 3. The van der Waals surface area contributed by atoms with Gasteiger partial charge in [-0.25, -0.2) is 14.2 Å². The SMILES string of the molecule is COc1c(C)cc(F)cc1CN=C=O. The zero-order chi connectivity index (χ0) is 10.6. The van der Waals surface area contributed by atoms with E-state index in [1.54, 1.807) is 6.92 Å². The van der Waals surface area contributed by atoms with E-state index >= 15 is 0 Å². The Bertz CT molecular complexity index is 384. The van der Waals surface area contributed by atoms with E-state index in [9.17, 15) is 9.18 Å². The summed E-state index contributed by atoms with van der Waals surface area (Å²) in [5, 5.41) is 0. The highest BCUT2D eigenvalue weighted by Crippen LogP contribution is 2.25. The van der Waals surface area contributed by atoms with Crippen LogP contribution < -0.4 is 4.74 Å². The van der Waals surface area contributed by atoms with Crippen molar-refractivity contribution in [1.29, 1.82) is 0 Å². The van der Waals surface area contributed by atoms with Gasteiger partial charge >= 0.3 is 0 Å². The van der Waals surface area contributed by atoms with Crippen molar-refractivity contribution < 1.29 is 13.9 Å². The number of carbonyl (C=O) groups excluding carboxylic acids is 1. The Labute approximate surface area is 81.2 Å². The van der Waals surface area contributed by atoms with Gasteiger partial charge in [-0.3, -0.25) is 0 Å². The number of hydrogen-bond donors (Lipinski definition) is 0. The summed E-state index contributed by atoms with van der Waals surface area (Å²) in [6.07, 6.45) is 1.40. The van der Waals surface area contributed by atoms with Crippen molar-refractivity contribution in [2.24, 2.45) is 4.99 Å². The molecule has 0 amide bonds. The maximum atomic E-state index is 13.0. The largest absolute Gasteiger partial charge is 0.496 e. The lowest BCUT2D eigenvalue weighted by Crippen LogP contribution is -1.95. The molecule has 0 spiro atoms. The molecule has 0 fully saturated rings. The highest BCUT2D eigenvalue weighted by molar-refractivity contribution is 5.42. The van der Waals surface area contributed by atoms with Crippen LogP contribution in [-0.2, 0) is 11.3 Å². The minimum atomic E-state index is -0.362. The van der Waals surface area contributed by atoms with Gasteiger partial charge in [0.2, 0.25) is 6.08 Å². The van der Waals surface area contributed by atoms with Crippen LogP contribution in [0.25, 0.3) is 0 Å². The van der Waals surface area contributed by atoms with Gasteiger partial charge < -0.3 is 4.74 Å². The van der Waals surface area contributed by atoms with E-state index in [1.807, 2.05) is 0 Å². The van der Waals surface area contributed by atoms with Crippen molar-refractivity contribution in [3.8, 4) is 5.75 Å². The van der Waals surface area contributed by atoms with Crippen molar-refractivity contribution in [2.45, 2.75) is 13.5 Å². The van der Waals surface area contributed by atoms with Crippen molar-refractivity contribution in [3.63, 3.8) is 0 Å². The Kier molecular flexibility index (Phi) is 3.37. The molecule has 0 atom stereocenters. The van der Waals surface area contributed by atoms with E-state index in [1.165, 1.54) is 25.3 Å². The lowest BCUT2D eigenvalue weighted by atomic mass is 10.1. The highest BCUT2D eigenvalue weighted by Gasteiger charge is 2.07. The quantitative estimate of drug-likeness (QED) is 0.546. The van der Waals surface area contributed by atoms with Crippen LogP contribution in [0.3, 0.4) is 0 Å². The zero-order valence-corrected chi connectivity index (χ0v) is 8.00. The third-order valence-electron chi connectivity index (χ3n) is 1.83. The van der Waals surface area contributed by atoms with Crippen molar-refractivity contribution in [3.05, 3.63) is 29.1 Å². The summed E-state index contributed by atoms with van der Waals surface area (Å²) in [4.78, 5) is 13.3. The second-order valence-corrected chi connectivity index (χ2v) is 2.82. The fraction of sp³-hybridized carbons (Fsp3) is 0.300. The van der Waals surface area contributed by atoms with Gasteiger partial charge in [-0.1, -0.05) is 0 Å². The Balaban J connectivity index is 3.17. The van der Waals surface area contributed by atoms with Crippen LogP contribution in [0.2, 0.25) is 0 Å². The molecular formula is C10H10FNO2. The zero-order valence-electron chi connectivity index (χ0n) is 8.00. The number of halogens is 1. The lowest BCUT2D eigenvalue weighted by Gasteiger charge is -2.09. The topological polar surface area (TPSA) is 38.7 Å².